The lowest BCUT2D eigenvalue weighted by atomic mass is 10.1. The molecule has 2 rings (SSSR count). The summed E-state index contributed by atoms with van der Waals surface area (Å²) in [5.74, 6) is 0.873. The van der Waals surface area contributed by atoms with E-state index in [9.17, 15) is 0 Å². The van der Waals surface area contributed by atoms with Crippen LogP contribution in [0.1, 0.15) is 43.3 Å². The van der Waals surface area contributed by atoms with E-state index in [1.807, 2.05) is 29.8 Å². The standard InChI is InChI=1S/C15H22N4O/c1-5-12(16)15-13(6-2)19(18-17-15)11-7-8-14(20-4)10(3)9-11/h7-9,12H,5-6,16H2,1-4H3. The van der Waals surface area contributed by atoms with Gasteiger partial charge in [0.15, 0.2) is 0 Å². The molecule has 5 nitrogen and oxygen atoms in total. The fraction of sp³-hybridized carbons (Fsp3) is 0.467. The van der Waals surface area contributed by atoms with E-state index in [2.05, 4.69) is 24.2 Å². The highest BCUT2D eigenvalue weighted by Crippen LogP contribution is 2.24. The Morgan fingerprint density at radius 1 is 1.35 bits per heavy atom. The van der Waals surface area contributed by atoms with Gasteiger partial charge >= 0.3 is 0 Å². The Bertz CT molecular complexity index is 592. The molecular formula is C15H22N4O. The van der Waals surface area contributed by atoms with Crippen molar-refractivity contribution in [2.75, 3.05) is 7.11 Å². The molecule has 0 fully saturated rings. The number of hydrogen-bond acceptors (Lipinski definition) is 4. The largest absolute Gasteiger partial charge is 0.496 e. The molecule has 108 valence electrons. The van der Waals surface area contributed by atoms with Crippen LogP contribution in [-0.2, 0) is 6.42 Å². The highest BCUT2D eigenvalue weighted by Gasteiger charge is 2.17. The predicted octanol–water partition coefficient (Wildman–Crippen LogP) is 2.56. The molecule has 0 aliphatic carbocycles. The molecule has 0 aliphatic heterocycles. The minimum atomic E-state index is -0.0574. The maximum absolute atomic E-state index is 6.10. The second-order valence-corrected chi connectivity index (χ2v) is 4.86. The van der Waals surface area contributed by atoms with Gasteiger partial charge in [-0.05, 0) is 43.5 Å². The van der Waals surface area contributed by atoms with Gasteiger partial charge < -0.3 is 10.5 Å². The van der Waals surface area contributed by atoms with Crippen LogP contribution in [0.4, 0.5) is 0 Å². The van der Waals surface area contributed by atoms with Crippen molar-refractivity contribution < 1.29 is 4.74 Å². The first kappa shape index (κ1) is 14.5. The highest BCUT2D eigenvalue weighted by atomic mass is 16.5. The number of nitrogens with zero attached hydrogens (tertiary/aromatic N) is 3. The fourth-order valence-corrected chi connectivity index (χ4v) is 2.33. The number of aromatic nitrogens is 3. The Balaban J connectivity index is 2.47. The average Bonchev–Trinajstić information content (AvgIpc) is 2.90. The van der Waals surface area contributed by atoms with E-state index in [-0.39, 0.29) is 6.04 Å². The van der Waals surface area contributed by atoms with Gasteiger partial charge in [0.25, 0.3) is 0 Å². The number of benzene rings is 1. The summed E-state index contributed by atoms with van der Waals surface area (Å²) in [6.07, 6.45) is 1.70. The van der Waals surface area contributed by atoms with Crippen molar-refractivity contribution in [3.63, 3.8) is 0 Å². The molecule has 1 atom stereocenters. The van der Waals surface area contributed by atoms with Crippen LogP contribution in [0, 0.1) is 6.92 Å². The average molecular weight is 274 g/mol. The third kappa shape index (κ3) is 2.54. The maximum Gasteiger partial charge on any atom is 0.121 e. The minimum absolute atomic E-state index is 0.0574. The molecule has 1 unspecified atom stereocenters. The van der Waals surface area contributed by atoms with E-state index in [0.29, 0.717) is 0 Å². The van der Waals surface area contributed by atoms with Gasteiger partial charge in [-0.3, -0.25) is 0 Å². The zero-order valence-corrected chi connectivity index (χ0v) is 12.6. The second-order valence-electron chi connectivity index (χ2n) is 4.86. The SMILES string of the molecule is CCc1c(C(N)CC)nnn1-c1ccc(OC)c(C)c1. The molecule has 5 heteroatoms. The predicted molar refractivity (Wildman–Crippen MR) is 79.2 cm³/mol. The molecule has 2 aromatic rings. The van der Waals surface area contributed by atoms with E-state index in [0.717, 1.165) is 41.2 Å². The number of ether oxygens (including phenoxy) is 1. The van der Waals surface area contributed by atoms with Gasteiger partial charge in [0, 0.05) is 0 Å². The summed E-state index contributed by atoms with van der Waals surface area (Å²) < 4.78 is 7.16. The van der Waals surface area contributed by atoms with E-state index in [1.165, 1.54) is 0 Å². The Kier molecular flexibility index (Phi) is 4.39. The van der Waals surface area contributed by atoms with Crippen LogP contribution in [0.2, 0.25) is 0 Å². The Morgan fingerprint density at radius 3 is 2.65 bits per heavy atom. The van der Waals surface area contributed by atoms with Gasteiger partial charge in [0.05, 0.1) is 24.5 Å². The molecular weight excluding hydrogens is 252 g/mol. The first-order valence-corrected chi connectivity index (χ1v) is 6.97. The monoisotopic (exact) mass is 274 g/mol. The molecule has 0 saturated heterocycles. The van der Waals surface area contributed by atoms with E-state index < -0.39 is 0 Å². The number of methoxy groups -OCH3 is 1. The molecule has 2 N–H and O–H groups in total. The smallest absolute Gasteiger partial charge is 0.121 e. The lowest BCUT2D eigenvalue weighted by molar-refractivity contribution is 0.411. The van der Waals surface area contributed by atoms with Crippen molar-refractivity contribution >= 4 is 0 Å². The van der Waals surface area contributed by atoms with Crippen LogP contribution in [-0.4, -0.2) is 22.1 Å². The van der Waals surface area contributed by atoms with Crippen molar-refractivity contribution in [3.8, 4) is 11.4 Å². The minimum Gasteiger partial charge on any atom is -0.496 e. The normalized spacial score (nSPS) is 12.4. The van der Waals surface area contributed by atoms with Crippen LogP contribution in [0.5, 0.6) is 5.75 Å². The summed E-state index contributed by atoms with van der Waals surface area (Å²) in [5.41, 5.74) is 10.1. The van der Waals surface area contributed by atoms with Gasteiger partial charge in [-0.15, -0.1) is 5.10 Å². The Morgan fingerprint density at radius 2 is 2.10 bits per heavy atom. The molecule has 0 spiro atoms. The van der Waals surface area contributed by atoms with Crippen molar-refractivity contribution in [2.24, 2.45) is 5.73 Å². The fourth-order valence-electron chi connectivity index (χ4n) is 2.33. The topological polar surface area (TPSA) is 66.0 Å². The lowest BCUT2D eigenvalue weighted by Crippen LogP contribution is -2.12. The number of rotatable bonds is 5. The van der Waals surface area contributed by atoms with Crippen molar-refractivity contribution in [1.82, 2.24) is 15.0 Å². The zero-order chi connectivity index (χ0) is 14.7. The van der Waals surface area contributed by atoms with Gasteiger partial charge in [-0.2, -0.15) is 0 Å². The van der Waals surface area contributed by atoms with Crippen molar-refractivity contribution in [2.45, 2.75) is 39.7 Å². The van der Waals surface area contributed by atoms with Crippen LogP contribution >= 0.6 is 0 Å². The summed E-state index contributed by atoms with van der Waals surface area (Å²) in [6.45, 7) is 6.17. The molecule has 0 amide bonds. The van der Waals surface area contributed by atoms with Crippen LogP contribution in [0.3, 0.4) is 0 Å². The first-order chi connectivity index (χ1) is 9.62. The molecule has 1 aromatic heterocycles. The van der Waals surface area contributed by atoms with Gasteiger partial charge in [-0.1, -0.05) is 19.1 Å². The third-order valence-electron chi connectivity index (χ3n) is 3.54. The van der Waals surface area contributed by atoms with Gasteiger partial charge in [-0.25, -0.2) is 4.68 Å². The Hall–Kier alpha value is -1.88. The summed E-state index contributed by atoms with van der Waals surface area (Å²) in [5, 5.41) is 8.53. The summed E-state index contributed by atoms with van der Waals surface area (Å²) in [7, 11) is 1.67. The summed E-state index contributed by atoms with van der Waals surface area (Å²) >= 11 is 0. The van der Waals surface area contributed by atoms with Crippen LogP contribution in [0.25, 0.3) is 5.69 Å². The van der Waals surface area contributed by atoms with Gasteiger partial charge in [0.2, 0.25) is 0 Å². The number of hydrogen-bond donors (Lipinski definition) is 1. The molecule has 0 radical (unpaired) electrons. The molecule has 0 aliphatic rings. The molecule has 0 bridgehead atoms. The maximum atomic E-state index is 6.10. The molecule has 20 heavy (non-hydrogen) atoms. The van der Waals surface area contributed by atoms with Crippen LogP contribution in [0.15, 0.2) is 18.2 Å². The quantitative estimate of drug-likeness (QED) is 0.910. The van der Waals surface area contributed by atoms with E-state index in [1.54, 1.807) is 7.11 Å². The first-order valence-electron chi connectivity index (χ1n) is 6.97. The molecule has 0 saturated carbocycles. The highest BCUT2D eigenvalue weighted by molar-refractivity contribution is 5.44. The van der Waals surface area contributed by atoms with E-state index >= 15 is 0 Å². The Labute approximate surface area is 119 Å². The number of nitrogens with two attached hydrogens (primary N) is 1. The lowest BCUT2D eigenvalue weighted by Gasteiger charge is -2.11. The van der Waals surface area contributed by atoms with Crippen molar-refractivity contribution in [1.29, 1.82) is 0 Å². The van der Waals surface area contributed by atoms with Crippen LogP contribution < -0.4 is 10.5 Å². The van der Waals surface area contributed by atoms with Gasteiger partial charge in [0.1, 0.15) is 11.4 Å². The summed E-state index contributed by atoms with van der Waals surface area (Å²) in [6, 6.07) is 5.93. The number of aryl methyl sites for hydroxylation is 1. The second kappa shape index (κ2) is 6.05. The van der Waals surface area contributed by atoms with Crippen molar-refractivity contribution in [3.05, 3.63) is 35.2 Å². The third-order valence-corrected chi connectivity index (χ3v) is 3.54. The van der Waals surface area contributed by atoms with E-state index in [4.69, 9.17) is 10.5 Å². The molecule has 1 heterocycles. The zero-order valence-electron chi connectivity index (χ0n) is 12.6. The summed E-state index contributed by atoms with van der Waals surface area (Å²) in [4.78, 5) is 0. The molecule has 1 aromatic carbocycles.